The number of hydrogen-bond acceptors (Lipinski definition) is 6. The van der Waals surface area contributed by atoms with Crippen LogP contribution in [0.3, 0.4) is 0 Å². The fourth-order valence-corrected chi connectivity index (χ4v) is 3.36. The van der Waals surface area contributed by atoms with Gasteiger partial charge in [0.2, 0.25) is 0 Å². The molecular weight excluding hydrogens is 414 g/mol. The van der Waals surface area contributed by atoms with Gasteiger partial charge >= 0.3 is 5.69 Å². The number of aromatic nitrogens is 2. The summed E-state index contributed by atoms with van der Waals surface area (Å²) in [6, 6.07) is 5.80. The van der Waals surface area contributed by atoms with Gasteiger partial charge in [-0.25, -0.2) is 10.0 Å². The number of nitrogens with zero attached hydrogens (tertiary/aromatic N) is 5. The number of ether oxygens (including phenoxy) is 1. The molecule has 0 atom stereocenters. The number of carbonyl (C=O) groups is 2. The van der Waals surface area contributed by atoms with Gasteiger partial charge < -0.3 is 4.74 Å². The molecule has 1 saturated heterocycles. The van der Waals surface area contributed by atoms with Crippen molar-refractivity contribution < 1.29 is 19.2 Å². The lowest BCUT2D eigenvalue weighted by Crippen LogP contribution is -2.46. The second kappa shape index (κ2) is 8.95. The largest absolute Gasteiger partial charge is 0.477 e. The maximum Gasteiger partial charge on any atom is 0.310 e. The van der Waals surface area contributed by atoms with Crippen LogP contribution in [-0.4, -0.2) is 56.2 Å². The summed E-state index contributed by atoms with van der Waals surface area (Å²) >= 11 is 6.17. The normalized spacial score (nSPS) is 13.8. The van der Waals surface area contributed by atoms with E-state index in [9.17, 15) is 19.7 Å². The van der Waals surface area contributed by atoms with Crippen molar-refractivity contribution in [1.82, 2.24) is 19.8 Å². The molecule has 0 saturated carbocycles. The van der Waals surface area contributed by atoms with Crippen LogP contribution >= 0.6 is 11.6 Å². The van der Waals surface area contributed by atoms with E-state index >= 15 is 0 Å². The number of halogens is 1. The molecule has 1 fully saturated rings. The monoisotopic (exact) mass is 433 g/mol. The number of benzene rings is 1. The first kappa shape index (κ1) is 21.3. The molecule has 11 heteroatoms. The van der Waals surface area contributed by atoms with Gasteiger partial charge in [-0.3, -0.25) is 24.4 Å². The maximum atomic E-state index is 12.6. The molecule has 0 aliphatic carbocycles. The zero-order valence-corrected chi connectivity index (χ0v) is 17.2. The minimum absolute atomic E-state index is 0.00508. The first-order valence-electron chi connectivity index (χ1n) is 9.14. The van der Waals surface area contributed by atoms with Gasteiger partial charge in [0.15, 0.2) is 12.4 Å². The van der Waals surface area contributed by atoms with E-state index in [0.717, 1.165) is 0 Å². The Morgan fingerprint density at radius 2 is 2.00 bits per heavy atom. The van der Waals surface area contributed by atoms with Crippen molar-refractivity contribution in [2.24, 2.45) is 7.05 Å². The highest BCUT2D eigenvalue weighted by Gasteiger charge is 2.30. The zero-order valence-electron chi connectivity index (χ0n) is 16.4. The van der Waals surface area contributed by atoms with E-state index in [2.05, 4.69) is 5.10 Å². The number of carbonyl (C=O) groups excluding carboxylic acids is 2. The Morgan fingerprint density at radius 1 is 1.30 bits per heavy atom. The summed E-state index contributed by atoms with van der Waals surface area (Å²) in [4.78, 5) is 35.7. The quantitative estimate of drug-likeness (QED) is 0.393. The number of aryl methyl sites for hydroxylation is 2. The van der Waals surface area contributed by atoms with Gasteiger partial charge in [0, 0.05) is 37.8 Å². The minimum atomic E-state index is -0.582. The first-order valence-corrected chi connectivity index (χ1v) is 9.52. The topological polar surface area (TPSA) is 111 Å². The van der Waals surface area contributed by atoms with Crippen LogP contribution < -0.4 is 4.74 Å². The molecule has 1 aliphatic rings. The number of nitro benzene ring substituents is 1. The second-order valence-electron chi connectivity index (χ2n) is 6.59. The smallest absolute Gasteiger partial charge is 0.310 e. The predicted octanol–water partition coefficient (Wildman–Crippen LogP) is 2.36. The van der Waals surface area contributed by atoms with Crippen molar-refractivity contribution in [2.75, 3.05) is 19.7 Å². The standard InChI is InChI=1S/C19H20ClN5O5/c1-13-14(19(20)22(2)21-13)8-9-17(26)23-10-5-11-24(23)18(27)12-30-16-7-4-3-6-15(16)25(28)29/h3-4,6-9H,5,10-12H2,1-2H3. The average Bonchev–Trinajstić information content (AvgIpc) is 3.30. The highest BCUT2D eigenvalue weighted by atomic mass is 35.5. The minimum Gasteiger partial charge on any atom is -0.477 e. The van der Waals surface area contributed by atoms with Crippen LogP contribution in [-0.2, 0) is 16.6 Å². The molecular formula is C19H20ClN5O5. The van der Waals surface area contributed by atoms with Crippen molar-refractivity contribution in [3.8, 4) is 5.75 Å². The van der Waals surface area contributed by atoms with Crippen molar-refractivity contribution >= 4 is 35.2 Å². The molecule has 0 radical (unpaired) electrons. The number of para-hydroxylation sites is 2. The summed E-state index contributed by atoms with van der Waals surface area (Å²) in [6.07, 6.45) is 3.52. The van der Waals surface area contributed by atoms with Gasteiger partial charge in [0.1, 0.15) is 5.15 Å². The Labute approximate surface area is 177 Å². The highest BCUT2D eigenvalue weighted by Crippen LogP contribution is 2.26. The SMILES string of the molecule is Cc1nn(C)c(Cl)c1C=CC(=O)N1CCCN1C(=O)COc1ccccc1[N+](=O)[O-]. The molecule has 0 unspecified atom stereocenters. The lowest BCUT2D eigenvalue weighted by molar-refractivity contribution is -0.385. The Hall–Kier alpha value is -3.40. The van der Waals surface area contributed by atoms with E-state index in [0.29, 0.717) is 35.9 Å². The average molecular weight is 434 g/mol. The number of hydrogen-bond donors (Lipinski definition) is 0. The van der Waals surface area contributed by atoms with Crippen molar-refractivity contribution in [1.29, 1.82) is 0 Å². The molecule has 3 rings (SSSR count). The number of rotatable bonds is 6. The van der Waals surface area contributed by atoms with E-state index in [1.807, 2.05) is 0 Å². The molecule has 0 bridgehead atoms. The van der Waals surface area contributed by atoms with Gasteiger partial charge in [-0.2, -0.15) is 5.10 Å². The molecule has 10 nitrogen and oxygen atoms in total. The molecule has 1 aromatic heterocycles. The molecule has 30 heavy (non-hydrogen) atoms. The number of nitro groups is 1. The summed E-state index contributed by atoms with van der Waals surface area (Å²) in [7, 11) is 1.70. The fourth-order valence-electron chi connectivity index (χ4n) is 3.12. The lowest BCUT2D eigenvalue weighted by atomic mass is 10.2. The lowest BCUT2D eigenvalue weighted by Gasteiger charge is -2.26. The molecule has 2 heterocycles. The molecule has 2 amide bonds. The van der Waals surface area contributed by atoms with Gasteiger partial charge in [-0.15, -0.1) is 0 Å². The first-order chi connectivity index (χ1) is 14.3. The molecule has 1 aliphatic heterocycles. The summed E-state index contributed by atoms with van der Waals surface area (Å²) in [5.41, 5.74) is 1.08. The van der Waals surface area contributed by atoms with Crippen molar-refractivity contribution in [3.05, 3.63) is 56.9 Å². The van der Waals surface area contributed by atoms with Gasteiger partial charge in [0.25, 0.3) is 11.8 Å². The molecule has 0 spiro atoms. The van der Waals surface area contributed by atoms with E-state index in [4.69, 9.17) is 16.3 Å². The zero-order chi connectivity index (χ0) is 21.8. The van der Waals surface area contributed by atoms with E-state index in [1.54, 1.807) is 26.1 Å². The maximum absolute atomic E-state index is 12.6. The molecule has 0 N–H and O–H groups in total. The third-order valence-corrected chi connectivity index (χ3v) is 5.02. The van der Waals surface area contributed by atoms with Crippen LogP contribution in [0.1, 0.15) is 17.7 Å². The van der Waals surface area contributed by atoms with Gasteiger partial charge in [0.05, 0.1) is 10.6 Å². The van der Waals surface area contributed by atoms with E-state index in [1.165, 1.54) is 39.0 Å². The van der Waals surface area contributed by atoms with Gasteiger partial charge in [-0.05, 0) is 25.5 Å². The summed E-state index contributed by atoms with van der Waals surface area (Å²) in [5.74, 6) is -0.858. The summed E-state index contributed by atoms with van der Waals surface area (Å²) in [6.45, 7) is 2.08. The third-order valence-electron chi connectivity index (χ3n) is 4.58. The van der Waals surface area contributed by atoms with Crippen molar-refractivity contribution in [3.63, 3.8) is 0 Å². The molecule has 158 valence electrons. The third kappa shape index (κ3) is 4.43. The fraction of sp³-hybridized carbons (Fsp3) is 0.316. The van der Waals surface area contributed by atoms with E-state index in [-0.39, 0.29) is 17.3 Å². The van der Waals surface area contributed by atoms with Crippen molar-refractivity contribution in [2.45, 2.75) is 13.3 Å². The Balaban J connectivity index is 1.66. The predicted molar refractivity (Wildman–Crippen MR) is 109 cm³/mol. The van der Waals surface area contributed by atoms with Crippen LogP contribution in [0.2, 0.25) is 5.15 Å². The van der Waals surface area contributed by atoms with Crippen LogP contribution in [0, 0.1) is 17.0 Å². The molecule has 1 aromatic carbocycles. The number of hydrazine groups is 1. The van der Waals surface area contributed by atoms with Crippen LogP contribution in [0.15, 0.2) is 30.3 Å². The van der Waals surface area contributed by atoms with Crippen LogP contribution in [0.5, 0.6) is 5.75 Å². The second-order valence-corrected chi connectivity index (χ2v) is 6.95. The summed E-state index contributed by atoms with van der Waals surface area (Å²) in [5, 5.41) is 18.3. The number of amides is 2. The molecule has 2 aromatic rings. The van der Waals surface area contributed by atoms with E-state index < -0.39 is 17.4 Å². The van der Waals surface area contributed by atoms with Crippen LogP contribution in [0.4, 0.5) is 5.69 Å². The van der Waals surface area contributed by atoms with Crippen LogP contribution in [0.25, 0.3) is 6.08 Å². The Morgan fingerprint density at radius 3 is 2.67 bits per heavy atom. The van der Waals surface area contributed by atoms with Gasteiger partial charge in [-0.1, -0.05) is 23.7 Å². The summed E-state index contributed by atoms with van der Waals surface area (Å²) < 4.78 is 6.85. The Bertz CT molecular complexity index is 1020. The Kier molecular flexibility index (Phi) is 6.36. The highest BCUT2D eigenvalue weighted by molar-refractivity contribution is 6.31.